The molecule has 5 nitrogen and oxygen atoms in total. The fourth-order valence-electron chi connectivity index (χ4n) is 1.48. The van der Waals surface area contributed by atoms with Gasteiger partial charge in [0, 0.05) is 5.69 Å². The molecule has 0 bridgehead atoms. The number of carbonyl (C=O) groups is 1. The quantitative estimate of drug-likeness (QED) is 0.850. The summed E-state index contributed by atoms with van der Waals surface area (Å²) in [6, 6.07) is 7.80. The zero-order valence-electron chi connectivity index (χ0n) is 9.52. The molecule has 1 aromatic heterocycles. The highest BCUT2D eigenvalue weighted by Crippen LogP contribution is 2.21. The van der Waals surface area contributed by atoms with E-state index in [1.165, 1.54) is 0 Å². The van der Waals surface area contributed by atoms with Crippen molar-refractivity contribution >= 4 is 17.7 Å². The summed E-state index contributed by atoms with van der Waals surface area (Å²) < 4.78 is 5.11. The van der Waals surface area contributed by atoms with E-state index >= 15 is 0 Å². The Morgan fingerprint density at radius 3 is 2.65 bits per heavy atom. The van der Waals surface area contributed by atoms with Crippen LogP contribution < -0.4 is 5.32 Å². The minimum atomic E-state index is -1.12. The molecule has 5 heteroatoms. The smallest absolute Gasteiger partial charge is 0.373 e. The van der Waals surface area contributed by atoms with Gasteiger partial charge >= 0.3 is 5.97 Å². The lowest BCUT2D eigenvalue weighted by molar-refractivity contribution is 0.0662. The molecule has 88 valence electrons. The Labute approximate surface area is 98.1 Å². The Kier molecular flexibility index (Phi) is 2.82. The molecule has 2 rings (SSSR count). The molecule has 2 aromatic rings. The first kappa shape index (κ1) is 11.2. The minimum Gasteiger partial charge on any atom is -0.475 e. The summed E-state index contributed by atoms with van der Waals surface area (Å²) in [5.41, 5.74) is 2.22. The number of anilines is 2. The van der Waals surface area contributed by atoms with Crippen molar-refractivity contribution in [2.75, 3.05) is 5.32 Å². The lowest BCUT2D eigenvalue weighted by atomic mass is 10.2. The number of carboxylic acids is 1. The van der Waals surface area contributed by atoms with Crippen molar-refractivity contribution in [2.24, 2.45) is 0 Å². The minimum absolute atomic E-state index is 0.138. The van der Waals surface area contributed by atoms with Crippen molar-refractivity contribution in [1.82, 2.24) is 4.98 Å². The number of para-hydroxylation sites is 1. The van der Waals surface area contributed by atoms with E-state index in [0.29, 0.717) is 5.69 Å². The summed E-state index contributed by atoms with van der Waals surface area (Å²) in [7, 11) is 0. The number of hydrogen-bond donors (Lipinski definition) is 2. The van der Waals surface area contributed by atoms with Crippen molar-refractivity contribution in [1.29, 1.82) is 0 Å². The standard InChI is InChI=1S/C12H12N2O3/c1-7-5-3-4-6-9(7)14-12-13-8(2)10(17-12)11(15)16/h3-6H,1-2H3,(H,13,14)(H,15,16). The molecule has 0 unspecified atom stereocenters. The van der Waals surface area contributed by atoms with Gasteiger partial charge in [0.2, 0.25) is 5.76 Å². The van der Waals surface area contributed by atoms with E-state index in [9.17, 15) is 4.79 Å². The summed E-state index contributed by atoms with van der Waals surface area (Å²) in [6.07, 6.45) is 0. The largest absolute Gasteiger partial charge is 0.475 e. The van der Waals surface area contributed by atoms with Crippen LogP contribution in [-0.2, 0) is 0 Å². The van der Waals surface area contributed by atoms with Crippen LogP contribution in [0.2, 0.25) is 0 Å². The number of carboxylic acid groups (broad SMARTS) is 1. The second kappa shape index (κ2) is 4.29. The van der Waals surface area contributed by atoms with E-state index in [2.05, 4.69) is 10.3 Å². The van der Waals surface area contributed by atoms with Gasteiger partial charge in [0.1, 0.15) is 0 Å². The van der Waals surface area contributed by atoms with Gasteiger partial charge in [0.25, 0.3) is 6.01 Å². The van der Waals surface area contributed by atoms with Gasteiger partial charge in [0.05, 0.1) is 5.69 Å². The number of rotatable bonds is 3. The molecule has 1 heterocycles. The van der Waals surface area contributed by atoms with Crippen LogP contribution in [0.1, 0.15) is 21.8 Å². The molecule has 0 aliphatic carbocycles. The maximum absolute atomic E-state index is 10.8. The summed E-state index contributed by atoms with van der Waals surface area (Å²) in [4.78, 5) is 14.8. The number of aromatic carboxylic acids is 1. The molecule has 0 saturated carbocycles. The third-order valence-corrected chi connectivity index (χ3v) is 2.38. The number of aromatic nitrogens is 1. The Morgan fingerprint density at radius 2 is 2.06 bits per heavy atom. The fourth-order valence-corrected chi connectivity index (χ4v) is 1.48. The lowest BCUT2D eigenvalue weighted by Gasteiger charge is -2.04. The highest BCUT2D eigenvalue weighted by Gasteiger charge is 2.16. The number of nitrogens with zero attached hydrogens (tertiary/aromatic N) is 1. The normalized spacial score (nSPS) is 10.2. The molecule has 0 amide bonds. The van der Waals surface area contributed by atoms with Crippen LogP contribution in [-0.4, -0.2) is 16.1 Å². The first-order valence-electron chi connectivity index (χ1n) is 5.11. The van der Waals surface area contributed by atoms with Gasteiger partial charge in [-0.3, -0.25) is 0 Å². The molecule has 0 radical (unpaired) electrons. The number of oxazole rings is 1. The van der Waals surface area contributed by atoms with Gasteiger partial charge in [-0.05, 0) is 25.5 Å². The van der Waals surface area contributed by atoms with Gasteiger partial charge in [-0.25, -0.2) is 4.79 Å². The maximum Gasteiger partial charge on any atom is 0.373 e. The van der Waals surface area contributed by atoms with E-state index in [0.717, 1.165) is 11.3 Å². The molecule has 0 atom stereocenters. The third kappa shape index (κ3) is 2.28. The first-order chi connectivity index (χ1) is 8.08. The Morgan fingerprint density at radius 1 is 1.35 bits per heavy atom. The summed E-state index contributed by atoms with van der Waals surface area (Å²) in [5, 5.41) is 11.8. The Balaban J connectivity index is 2.28. The zero-order valence-corrected chi connectivity index (χ0v) is 9.52. The van der Waals surface area contributed by atoms with Crippen molar-refractivity contribution < 1.29 is 14.3 Å². The molecule has 17 heavy (non-hydrogen) atoms. The molecule has 0 aliphatic rings. The predicted octanol–water partition coefficient (Wildman–Crippen LogP) is 2.73. The van der Waals surface area contributed by atoms with E-state index < -0.39 is 5.97 Å². The summed E-state index contributed by atoms with van der Waals surface area (Å²) >= 11 is 0. The van der Waals surface area contributed by atoms with Crippen molar-refractivity contribution in [3.63, 3.8) is 0 Å². The highest BCUT2D eigenvalue weighted by molar-refractivity contribution is 5.85. The van der Waals surface area contributed by atoms with Gasteiger partial charge in [-0.15, -0.1) is 0 Å². The van der Waals surface area contributed by atoms with Gasteiger partial charge in [-0.1, -0.05) is 18.2 Å². The average molecular weight is 232 g/mol. The number of hydrogen-bond acceptors (Lipinski definition) is 4. The molecule has 0 aliphatic heterocycles. The number of nitrogens with one attached hydrogen (secondary N) is 1. The highest BCUT2D eigenvalue weighted by atomic mass is 16.4. The molecule has 1 aromatic carbocycles. The summed E-state index contributed by atoms with van der Waals surface area (Å²) in [5.74, 6) is -1.26. The molecule has 0 spiro atoms. The van der Waals surface area contributed by atoms with Crippen molar-refractivity contribution in [3.05, 3.63) is 41.3 Å². The van der Waals surface area contributed by atoms with E-state index in [1.807, 2.05) is 31.2 Å². The third-order valence-electron chi connectivity index (χ3n) is 2.38. The van der Waals surface area contributed by atoms with Crippen molar-refractivity contribution in [3.8, 4) is 0 Å². The predicted molar refractivity (Wildman–Crippen MR) is 62.7 cm³/mol. The average Bonchev–Trinajstić information content (AvgIpc) is 2.63. The van der Waals surface area contributed by atoms with Crippen LogP contribution in [0.25, 0.3) is 0 Å². The second-order valence-electron chi connectivity index (χ2n) is 3.68. The van der Waals surface area contributed by atoms with Crippen molar-refractivity contribution in [2.45, 2.75) is 13.8 Å². The topological polar surface area (TPSA) is 75.4 Å². The van der Waals surface area contributed by atoms with Crippen LogP contribution in [0, 0.1) is 13.8 Å². The fraction of sp³-hybridized carbons (Fsp3) is 0.167. The number of aryl methyl sites for hydroxylation is 2. The second-order valence-corrected chi connectivity index (χ2v) is 3.68. The van der Waals surface area contributed by atoms with Crippen LogP contribution in [0.5, 0.6) is 0 Å². The number of benzene rings is 1. The molecular weight excluding hydrogens is 220 g/mol. The Hall–Kier alpha value is -2.30. The summed E-state index contributed by atoms with van der Waals surface area (Å²) in [6.45, 7) is 3.53. The van der Waals surface area contributed by atoms with Gasteiger partial charge in [-0.2, -0.15) is 4.98 Å². The van der Waals surface area contributed by atoms with Gasteiger partial charge in [0.15, 0.2) is 0 Å². The van der Waals surface area contributed by atoms with Gasteiger partial charge < -0.3 is 14.8 Å². The zero-order chi connectivity index (χ0) is 12.4. The molecular formula is C12H12N2O3. The first-order valence-corrected chi connectivity index (χ1v) is 5.11. The molecule has 2 N–H and O–H groups in total. The van der Waals surface area contributed by atoms with Crippen LogP contribution >= 0.6 is 0 Å². The lowest BCUT2D eigenvalue weighted by Crippen LogP contribution is -1.95. The van der Waals surface area contributed by atoms with E-state index in [1.54, 1.807) is 6.92 Å². The van der Waals surface area contributed by atoms with Crippen LogP contribution in [0.15, 0.2) is 28.7 Å². The van der Waals surface area contributed by atoms with E-state index in [4.69, 9.17) is 9.52 Å². The monoisotopic (exact) mass is 232 g/mol. The van der Waals surface area contributed by atoms with E-state index in [-0.39, 0.29) is 11.8 Å². The molecule has 0 saturated heterocycles. The molecule has 0 fully saturated rings. The maximum atomic E-state index is 10.8. The SMILES string of the molecule is Cc1ccccc1Nc1nc(C)c(C(=O)O)o1. The van der Waals surface area contributed by atoms with Crippen LogP contribution in [0.4, 0.5) is 11.7 Å². The Bertz CT molecular complexity index is 561. The van der Waals surface area contributed by atoms with Crippen LogP contribution in [0.3, 0.4) is 0 Å².